The number of piperazine rings is 1. The second-order valence-electron chi connectivity index (χ2n) is 7.68. The Morgan fingerprint density at radius 2 is 1.65 bits per heavy atom. The van der Waals surface area contributed by atoms with Gasteiger partial charge in [-0.25, -0.2) is 18.7 Å². The van der Waals surface area contributed by atoms with Crippen LogP contribution in [0.15, 0.2) is 66.0 Å². The van der Waals surface area contributed by atoms with Crippen LogP contribution in [0.3, 0.4) is 0 Å². The molecule has 0 bridgehead atoms. The van der Waals surface area contributed by atoms with Crippen LogP contribution in [0.1, 0.15) is 0 Å². The highest BCUT2D eigenvalue weighted by atomic mass is 19.1. The van der Waals surface area contributed by atoms with Crippen LogP contribution < -0.4 is 10.5 Å². The van der Waals surface area contributed by atoms with Crippen molar-refractivity contribution in [2.75, 3.05) is 31.1 Å². The van der Waals surface area contributed by atoms with E-state index < -0.39 is 0 Å². The maximum Gasteiger partial charge on any atom is 0.267 e. The van der Waals surface area contributed by atoms with Crippen LogP contribution in [0, 0.1) is 5.82 Å². The molecule has 11 nitrogen and oxygen atoms in total. The van der Waals surface area contributed by atoms with E-state index >= 15 is 0 Å². The summed E-state index contributed by atoms with van der Waals surface area (Å²) in [7, 11) is 0. The summed E-state index contributed by atoms with van der Waals surface area (Å²) in [6.07, 6.45) is 2.97. The molecule has 1 aliphatic rings. The summed E-state index contributed by atoms with van der Waals surface area (Å²) < 4.78 is 15.9. The fourth-order valence-electron chi connectivity index (χ4n) is 3.69. The van der Waals surface area contributed by atoms with Crippen LogP contribution in [-0.4, -0.2) is 71.7 Å². The van der Waals surface area contributed by atoms with Gasteiger partial charge in [-0.1, -0.05) is 0 Å². The number of amides is 1. The van der Waals surface area contributed by atoms with Gasteiger partial charge in [-0.05, 0) is 42.5 Å². The molecule has 1 saturated heterocycles. The Kier molecular flexibility index (Phi) is 5.77. The quantitative estimate of drug-likeness (QED) is 0.428. The lowest BCUT2D eigenvalue weighted by molar-refractivity contribution is -0.132. The SMILES string of the molecule is O=C(Cn1nc(-c2ccc(F)cc2)ccc1=O)N1CCN(c2ccc(-n3cncn3)nn2)CC1. The monoisotopic (exact) mass is 461 g/mol. The Bertz CT molecular complexity index is 1330. The summed E-state index contributed by atoms with van der Waals surface area (Å²) in [6, 6.07) is 12.4. The van der Waals surface area contributed by atoms with Gasteiger partial charge in [0.05, 0.1) is 5.69 Å². The van der Waals surface area contributed by atoms with Crippen molar-refractivity contribution in [2.24, 2.45) is 0 Å². The molecule has 1 fully saturated rings. The van der Waals surface area contributed by atoms with Crippen LogP contribution in [0.4, 0.5) is 10.2 Å². The second-order valence-corrected chi connectivity index (χ2v) is 7.68. The molecule has 0 unspecified atom stereocenters. The molecule has 0 atom stereocenters. The molecular formula is C22H20FN9O2. The van der Waals surface area contributed by atoms with E-state index in [0.29, 0.717) is 49.1 Å². The molecular weight excluding hydrogens is 441 g/mol. The number of anilines is 1. The fraction of sp³-hybridized carbons (Fsp3) is 0.227. The zero-order chi connectivity index (χ0) is 23.5. The van der Waals surface area contributed by atoms with Crippen molar-refractivity contribution >= 4 is 11.7 Å². The Morgan fingerprint density at radius 3 is 2.32 bits per heavy atom. The zero-order valence-electron chi connectivity index (χ0n) is 18.0. The van der Waals surface area contributed by atoms with Crippen molar-refractivity contribution in [1.29, 1.82) is 0 Å². The summed E-state index contributed by atoms with van der Waals surface area (Å²) in [4.78, 5) is 32.7. The second kappa shape index (κ2) is 9.17. The predicted octanol–water partition coefficient (Wildman–Crippen LogP) is 0.769. The molecule has 0 saturated carbocycles. The van der Waals surface area contributed by atoms with Crippen LogP contribution >= 0.6 is 0 Å². The molecule has 4 aromatic rings. The number of rotatable bonds is 5. The highest BCUT2D eigenvalue weighted by molar-refractivity contribution is 5.76. The fourth-order valence-corrected chi connectivity index (χ4v) is 3.69. The third-order valence-corrected chi connectivity index (χ3v) is 5.54. The number of carbonyl (C=O) groups excluding carboxylic acids is 1. The molecule has 1 amide bonds. The van der Waals surface area contributed by atoms with Crippen molar-refractivity contribution in [2.45, 2.75) is 6.54 Å². The van der Waals surface area contributed by atoms with Crippen LogP contribution in [0.2, 0.25) is 0 Å². The van der Waals surface area contributed by atoms with Crippen molar-refractivity contribution in [3.05, 3.63) is 77.4 Å². The Morgan fingerprint density at radius 1 is 0.912 bits per heavy atom. The van der Waals surface area contributed by atoms with E-state index in [1.165, 1.54) is 29.2 Å². The zero-order valence-corrected chi connectivity index (χ0v) is 18.0. The van der Waals surface area contributed by atoms with Crippen LogP contribution in [0.5, 0.6) is 0 Å². The molecule has 12 heteroatoms. The predicted molar refractivity (Wildman–Crippen MR) is 120 cm³/mol. The van der Waals surface area contributed by atoms with Gasteiger partial charge in [-0.15, -0.1) is 10.2 Å². The van der Waals surface area contributed by atoms with E-state index in [1.54, 1.807) is 35.5 Å². The van der Waals surface area contributed by atoms with Crippen molar-refractivity contribution < 1.29 is 9.18 Å². The molecule has 0 radical (unpaired) electrons. The summed E-state index contributed by atoms with van der Waals surface area (Å²) in [6.45, 7) is 1.97. The van der Waals surface area contributed by atoms with Gasteiger partial charge in [0.2, 0.25) is 5.91 Å². The number of carbonyl (C=O) groups is 1. The first-order valence-corrected chi connectivity index (χ1v) is 10.6. The largest absolute Gasteiger partial charge is 0.352 e. The number of halogens is 1. The van der Waals surface area contributed by atoms with Crippen LogP contribution in [-0.2, 0) is 11.3 Å². The number of nitrogens with zero attached hydrogens (tertiary/aromatic N) is 9. The van der Waals surface area contributed by atoms with E-state index in [-0.39, 0.29) is 23.8 Å². The highest BCUT2D eigenvalue weighted by Crippen LogP contribution is 2.16. The minimum atomic E-state index is -0.374. The first-order chi connectivity index (χ1) is 16.6. The van der Waals surface area contributed by atoms with Gasteiger partial charge in [0, 0.05) is 37.8 Å². The number of aromatic nitrogens is 7. The molecule has 34 heavy (non-hydrogen) atoms. The van der Waals surface area contributed by atoms with E-state index in [0.717, 1.165) is 4.68 Å². The summed E-state index contributed by atoms with van der Waals surface area (Å²) >= 11 is 0. The molecule has 0 spiro atoms. The lowest BCUT2D eigenvalue weighted by atomic mass is 10.1. The lowest BCUT2D eigenvalue weighted by Gasteiger charge is -2.35. The molecule has 3 aromatic heterocycles. The van der Waals surface area contributed by atoms with E-state index in [2.05, 4.69) is 25.4 Å². The molecule has 0 aliphatic carbocycles. The van der Waals surface area contributed by atoms with Crippen molar-refractivity contribution in [3.8, 4) is 17.1 Å². The number of hydrogen-bond donors (Lipinski definition) is 0. The van der Waals surface area contributed by atoms with Gasteiger partial charge in [-0.2, -0.15) is 10.2 Å². The Hall–Kier alpha value is -4.48. The maximum absolute atomic E-state index is 13.2. The molecule has 0 N–H and O–H groups in total. The molecule has 5 rings (SSSR count). The van der Waals surface area contributed by atoms with Crippen molar-refractivity contribution in [3.63, 3.8) is 0 Å². The third-order valence-electron chi connectivity index (χ3n) is 5.54. The number of benzene rings is 1. The standard InChI is InChI=1S/C22H20FN9O2/c23-17-3-1-16(2-4-17)18-5-8-21(33)31(28-18)13-22(34)30-11-9-29(10-12-30)19-6-7-20(27-26-19)32-15-24-14-25-32/h1-8,14-15H,9-13H2. The molecule has 172 valence electrons. The maximum atomic E-state index is 13.2. The summed E-state index contributed by atoms with van der Waals surface area (Å²) in [5.41, 5.74) is 0.776. The van der Waals surface area contributed by atoms with E-state index in [4.69, 9.17) is 0 Å². The highest BCUT2D eigenvalue weighted by Gasteiger charge is 2.23. The first kappa shape index (κ1) is 21.4. The molecule has 4 heterocycles. The van der Waals surface area contributed by atoms with Crippen LogP contribution in [0.25, 0.3) is 17.1 Å². The van der Waals surface area contributed by atoms with Gasteiger partial charge in [0.25, 0.3) is 5.56 Å². The minimum Gasteiger partial charge on any atom is -0.352 e. The summed E-state index contributed by atoms with van der Waals surface area (Å²) in [5, 5.41) is 16.7. The normalized spacial score (nSPS) is 13.8. The Labute approximate surface area is 193 Å². The third kappa shape index (κ3) is 4.51. The Balaban J connectivity index is 1.21. The number of hydrogen-bond acceptors (Lipinski definition) is 8. The minimum absolute atomic E-state index is 0.166. The van der Waals surface area contributed by atoms with Gasteiger partial charge in [0.15, 0.2) is 11.6 Å². The topological polar surface area (TPSA) is 115 Å². The van der Waals surface area contributed by atoms with E-state index in [1.807, 2.05) is 11.0 Å². The average Bonchev–Trinajstić information content (AvgIpc) is 3.41. The molecule has 1 aromatic carbocycles. The first-order valence-electron chi connectivity index (χ1n) is 10.6. The van der Waals surface area contributed by atoms with Gasteiger partial charge in [-0.3, -0.25) is 9.59 Å². The smallest absolute Gasteiger partial charge is 0.267 e. The average molecular weight is 461 g/mol. The van der Waals surface area contributed by atoms with Gasteiger partial charge < -0.3 is 9.80 Å². The van der Waals surface area contributed by atoms with Crippen molar-refractivity contribution in [1.82, 2.24) is 39.6 Å². The van der Waals surface area contributed by atoms with Gasteiger partial charge in [0.1, 0.15) is 25.0 Å². The van der Waals surface area contributed by atoms with Gasteiger partial charge >= 0.3 is 0 Å². The molecule has 1 aliphatic heterocycles. The van der Waals surface area contributed by atoms with E-state index in [9.17, 15) is 14.0 Å². The summed E-state index contributed by atoms with van der Waals surface area (Å²) in [5.74, 6) is 0.721. The lowest BCUT2D eigenvalue weighted by Crippen LogP contribution is -2.50.